The molecule has 0 saturated carbocycles. The van der Waals surface area contributed by atoms with Crippen LogP contribution >= 0.6 is 0 Å². The zero-order valence-corrected chi connectivity index (χ0v) is 11.8. The van der Waals surface area contributed by atoms with Crippen LogP contribution in [0.15, 0.2) is 53.5 Å². The number of benzene rings is 1. The van der Waals surface area contributed by atoms with Gasteiger partial charge in [-0.25, -0.2) is 4.68 Å². The van der Waals surface area contributed by atoms with Crippen molar-refractivity contribution in [1.82, 2.24) is 15.1 Å². The van der Waals surface area contributed by atoms with Gasteiger partial charge in [-0.05, 0) is 24.6 Å². The molecule has 2 atom stereocenters. The van der Waals surface area contributed by atoms with Gasteiger partial charge in [0.05, 0.1) is 25.3 Å². The van der Waals surface area contributed by atoms with Crippen molar-refractivity contribution in [3.63, 3.8) is 0 Å². The summed E-state index contributed by atoms with van der Waals surface area (Å²) in [6.45, 7) is 2.00. The number of nitrogens with zero attached hydrogens (tertiary/aromatic N) is 2. The molecule has 0 bridgehead atoms. The quantitative estimate of drug-likeness (QED) is 0.891. The van der Waals surface area contributed by atoms with Crippen LogP contribution in [0.2, 0.25) is 0 Å². The van der Waals surface area contributed by atoms with E-state index in [-0.39, 0.29) is 17.6 Å². The molecule has 2 heterocycles. The second-order valence-corrected chi connectivity index (χ2v) is 5.21. The Morgan fingerprint density at radius 1 is 1.19 bits per heavy atom. The van der Waals surface area contributed by atoms with Gasteiger partial charge in [-0.3, -0.25) is 4.79 Å². The summed E-state index contributed by atoms with van der Waals surface area (Å²) in [4.78, 5) is 11.9. The highest BCUT2D eigenvalue weighted by molar-refractivity contribution is 5.14. The second kappa shape index (κ2) is 6.65. The maximum Gasteiger partial charge on any atom is 0.267 e. The second-order valence-electron chi connectivity index (χ2n) is 5.21. The first-order valence-electron chi connectivity index (χ1n) is 7.23. The van der Waals surface area contributed by atoms with E-state index in [1.807, 2.05) is 18.2 Å². The summed E-state index contributed by atoms with van der Waals surface area (Å²) in [5.74, 6) is 0. The van der Waals surface area contributed by atoms with Gasteiger partial charge in [0, 0.05) is 12.3 Å². The van der Waals surface area contributed by atoms with E-state index in [1.54, 1.807) is 12.3 Å². The van der Waals surface area contributed by atoms with Crippen molar-refractivity contribution >= 4 is 0 Å². The maximum absolute atomic E-state index is 11.9. The van der Waals surface area contributed by atoms with Gasteiger partial charge in [0.1, 0.15) is 0 Å². The fraction of sp³-hybridized carbons (Fsp3) is 0.375. The third-order valence-corrected chi connectivity index (χ3v) is 3.77. The van der Waals surface area contributed by atoms with Gasteiger partial charge in [0.2, 0.25) is 0 Å². The van der Waals surface area contributed by atoms with Crippen LogP contribution < -0.4 is 10.9 Å². The lowest BCUT2D eigenvalue weighted by Crippen LogP contribution is -2.41. The van der Waals surface area contributed by atoms with Crippen molar-refractivity contribution in [3.05, 3.63) is 64.6 Å². The highest BCUT2D eigenvalue weighted by atomic mass is 16.5. The first-order chi connectivity index (χ1) is 10.3. The lowest BCUT2D eigenvalue weighted by molar-refractivity contribution is 0.181. The first kappa shape index (κ1) is 14.0. The van der Waals surface area contributed by atoms with Gasteiger partial charge in [0.15, 0.2) is 0 Å². The Labute approximate surface area is 123 Å². The number of hydrogen-bond acceptors (Lipinski definition) is 4. The molecule has 1 fully saturated rings. The van der Waals surface area contributed by atoms with E-state index in [0.717, 1.165) is 13.0 Å². The molecule has 1 aliphatic rings. The highest BCUT2D eigenvalue weighted by Crippen LogP contribution is 2.16. The molecule has 1 saturated heterocycles. The van der Waals surface area contributed by atoms with E-state index in [2.05, 4.69) is 22.5 Å². The predicted molar refractivity (Wildman–Crippen MR) is 80.3 cm³/mol. The van der Waals surface area contributed by atoms with E-state index in [1.165, 1.54) is 16.3 Å². The Kier molecular flexibility index (Phi) is 4.43. The van der Waals surface area contributed by atoms with Crippen molar-refractivity contribution in [2.75, 3.05) is 19.8 Å². The van der Waals surface area contributed by atoms with Crippen LogP contribution in [0.25, 0.3) is 0 Å². The first-order valence-corrected chi connectivity index (χ1v) is 7.23. The van der Waals surface area contributed by atoms with E-state index in [9.17, 15) is 4.79 Å². The fourth-order valence-electron chi connectivity index (χ4n) is 2.64. The van der Waals surface area contributed by atoms with Crippen molar-refractivity contribution < 1.29 is 4.74 Å². The van der Waals surface area contributed by atoms with Gasteiger partial charge in [-0.1, -0.05) is 30.3 Å². The van der Waals surface area contributed by atoms with Crippen molar-refractivity contribution in [1.29, 1.82) is 0 Å². The summed E-state index contributed by atoms with van der Waals surface area (Å²) >= 11 is 0. The summed E-state index contributed by atoms with van der Waals surface area (Å²) in [6, 6.07) is 13.6. The monoisotopic (exact) mass is 285 g/mol. The van der Waals surface area contributed by atoms with E-state index < -0.39 is 0 Å². The zero-order valence-electron chi connectivity index (χ0n) is 11.8. The number of aromatic nitrogens is 2. The van der Waals surface area contributed by atoms with Gasteiger partial charge in [0.25, 0.3) is 5.56 Å². The maximum atomic E-state index is 11.9. The summed E-state index contributed by atoms with van der Waals surface area (Å²) < 4.78 is 7.04. The summed E-state index contributed by atoms with van der Waals surface area (Å²) in [6.07, 6.45) is 2.60. The number of rotatable bonds is 5. The molecule has 0 spiro atoms. The fourth-order valence-corrected chi connectivity index (χ4v) is 2.64. The third-order valence-electron chi connectivity index (χ3n) is 3.77. The molecule has 2 aromatic rings. The van der Waals surface area contributed by atoms with Crippen LogP contribution in [-0.4, -0.2) is 35.6 Å². The minimum Gasteiger partial charge on any atom is -0.377 e. The Balaban J connectivity index is 1.60. The van der Waals surface area contributed by atoms with Gasteiger partial charge >= 0.3 is 0 Å². The molecule has 1 aromatic carbocycles. The molecule has 2 unspecified atom stereocenters. The molecule has 5 heteroatoms. The van der Waals surface area contributed by atoms with Crippen molar-refractivity contribution in [3.8, 4) is 0 Å². The normalized spacial score (nSPS) is 21.5. The summed E-state index contributed by atoms with van der Waals surface area (Å²) in [7, 11) is 0. The highest BCUT2D eigenvalue weighted by Gasteiger charge is 2.30. The molecule has 110 valence electrons. The number of hydrogen-bond donors (Lipinski definition) is 1. The Morgan fingerprint density at radius 2 is 2.05 bits per heavy atom. The van der Waals surface area contributed by atoms with Gasteiger partial charge < -0.3 is 10.1 Å². The minimum absolute atomic E-state index is 0.0329. The molecule has 0 radical (unpaired) electrons. The average molecular weight is 285 g/mol. The van der Waals surface area contributed by atoms with E-state index >= 15 is 0 Å². The predicted octanol–water partition coefficient (Wildman–Crippen LogP) is 1.02. The SMILES string of the molecule is O=c1cccnn1C1COCC1NCCc1ccccc1. The standard InChI is InChI=1S/C16H19N3O2/c20-16-7-4-9-18-19(16)15-12-21-11-14(15)17-10-8-13-5-2-1-3-6-13/h1-7,9,14-15,17H,8,10-12H2. The van der Waals surface area contributed by atoms with Crippen LogP contribution in [0.4, 0.5) is 0 Å². The lowest BCUT2D eigenvalue weighted by atomic mass is 10.1. The Hall–Kier alpha value is -1.98. The molecular formula is C16H19N3O2. The minimum atomic E-state index is -0.0807. The number of ether oxygens (including phenoxy) is 1. The van der Waals surface area contributed by atoms with Gasteiger partial charge in [-0.15, -0.1) is 0 Å². The molecule has 1 N–H and O–H groups in total. The average Bonchev–Trinajstić information content (AvgIpc) is 2.97. The Morgan fingerprint density at radius 3 is 2.86 bits per heavy atom. The van der Waals surface area contributed by atoms with Crippen LogP contribution in [0.5, 0.6) is 0 Å². The van der Waals surface area contributed by atoms with Crippen LogP contribution in [0, 0.1) is 0 Å². The van der Waals surface area contributed by atoms with Crippen LogP contribution in [0.3, 0.4) is 0 Å². The summed E-state index contributed by atoms with van der Waals surface area (Å²) in [5, 5.41) is 7.64. The molecule has 1 aliphatic heterocycles. The molecule has 0 amide bonds. The molecule has 0 aliphatic carbocycles. The number of nitrogens with one attached hydrogen (secondary N) is 1. The third kappa shape index (κ3) is 3.37. The summed E-state index contributed by atoms with van der Waals surface area (Å²) in [5.41, 5.74) is 1.22. The lowest BCUT2D eigenvalue weighted by Gasteiger charge is -2.20. The molecule has 21 heavy (non-hydrogen) atoms. The Bertz CT molecular complexity index is 627. The molecule has 3 rings (SSSR count). The zero-order chi connectivity index (χ0) is 14.5. The van der Waals surface area contributed by atoms with Gasteiger partial charge in [-0.2, -0.15) is 5.10 Å². The van der Waals surface area contributed by atoms with Crippen molar-refractivity contribution in [2.24, 2.45) is 0 Å². The molecule has 5 nitrogen and oxygen atoms in total. The van der Waals surface area contributed by atoms with E-state index in [4.69, 9.17) is 4.74 Å². The van der Waals surface area contributed by atoms with E-state index in [0.29, 0.717) is 13.2 Å². The molecule has 1 aromatic heterocycles. The molecular weight excluding hydrogens is 266 g/mol. The topological polar surface area (TPSA) is 56.2 Å². The van der Waals surface area contributed by atoms with Crippen LogP contribution in [0.1, 0.15) is 11.6 Å². The smallest absolute Gasteiger partial charge is 0.267 e. The van der Waals surface area contributed by atoms with Crippen LogP contribution in [-0.2, 0) is 11.2 Å². The van der Waals surface area contributed by atoms with Crippen molar-refractivity contribution in [2.45, 2.75) is 18.5 Å². The largest absolute Gasteiger partial charge is 0.377 e.